The number of halogens is 1. The van der Waals surface area contributed by atoms with E-state index in [0.29, 0.717) is 47.6 Å². The fraction of sp³-hybridized carbons (Fsp3) is 0.565. The van der Waals surface area contributed by atoms with Gasteiger partial charge in [-0.15, -0.1) is 0 Å². The summed E-state index contributed by atoms with van der Waals surface area (Å²) < 4.78 is 11.7. The zero-order valence-corrected chi connectivity index (χ0v) is 19.3. The molecule has 172 valence electrons. The van der Waals surface area contributed by atoms with E-state index in [9.17, 15) is 4.79 Å². The van der Waals surface area contributed by atoms with Crippen LogP contribution in [0.25, 0.3) is 11.3 Å². The summed E-state index contributed by atoms with van der Waals surface area (Å²) >= 11 is 6.41. The molecule has 0 saturated carbocycles. The van der Waals surface area contributed by atoms with Gasteiger partial charge in [0, 0.05) is 42.9 Å². The SMILES string of the molecule is CC1(C)CO[C@H](CNc2cncc(-c3cc(CC(=O)[C@@H]4CCCNC4)ncc3Cl)n2)CO1. The maximum Gasteiger partial charge on any atom is 0.145 e. The molecular weight excluding hydrogens is 430 g/mol. The monoisotopic (exact) mass is 459 g/mol. The maximum absolute atomic E-state index is 12.7. The van der Waals surface area contributed by atoms with Crippen LogP contribution in [0.3, 0.4) is 0 Å². The Hall–Kier alpha value is -2.13. The number of Topliss-reactive ketones (excluding diaryl/α,β-unsaturated/α-hetero) is 1. The molecule has 2 aromatic rings. The lowest BCUT2D eigenvalue weighted by molar-refractivity contribution is -0.170. The van der Waals surface area contributed by atoms with Crippen molar-refractivity contribution in [1.29, 1.82) is 0 Å². The number of anilines is 1. The van der Waals surface area contributed by atoms with Gasteiger partial charge in [0.25, 0.3) is 0 Å². The van der Waals surface area contributed by atoms with Crippen molar-refractivity contribution in [3.05, 3.63) is 35.4 Å². The number of nitrogens with one attached hydrogen (secondary N) is 2. The first-order valence-electron chi connectivity index (χ1n) is 11.1. The molecule has 8 nitrogen and oxygen atoms in total. The minimum absolute atomic E-state index is 0.0496. The molecular formula is C23H30ClN5O3. The first kappa shape index (κ1) is 23.0. The summed E-state index contributed by atoms with van der Waals surface area (Å²) in [6.07, 6.45) is 7.09. The number of rotatable bonds is 7. The third-order valence-corrected chi connectivity index (χ3v) is 6.07. The summed E-state index contributed by atoms with van der Waals surface area (Å²) in [5.74, 6) is 0.876. The van der Waals surface area contributed by atoms with E-state index in [0.717, 1.165) is 25.9 Å². The predicted octanol–water partition coefficient (Wildman–Crippen LogP) is 2.91. The van der Waals surface area contributed by atoms with E-state index in [1.165, 1.54) is 0 Å². The lowest BCUT2D eigenvalue weighted by Crippen LogP contribution is -2.44. The Kier molecular flexibility index (Phi) is 7.35. The first-order valence-corrected chi connectivity index (χ1v) is 11.5. The van der Waals surface area contributed by atoms with Crippen LogP contribution >= 0.6 is 11.6 Å². The van der Waals surface area contributed by atoms with Crippen LogP contribution in [-0.2, 0) is 20.7 Å². The highest BCUT2D eigenvalue weighted by Gasteiger charge is 2.28. The van der Waals surface area contributed by atoms with Gasteiger partial charge in [0.15, 0.2) is 0 Å². The summed E-state index contributed by atoms with van der Waals surface area (Å²) in [6, 6.07) is 1.84. The molecule has 2 fully saturated rings. The zero-order valence-electron chi connectivity index (χ0n) is 18.6. The summed E-state index contributed by atoms with van der Waals surface area (Å²) in [5.41, 5.74) is 1.77. The van der Waals surface area contributed by atoms with Gasteiger partial charge in [-0.05, 0) is 39.3 Å². The lowest BCUT2D eigenvalue weighted by atomic mass is 9.92. The van der Waals surface area contributed by atoms with Crippen LogP contribution in [0.5, 0.6) is 0 Å². The van der Waals surface area contributed by atoms with Crippen LogP contribution in [0.15, 0.2) is 24.7 Å². The number of nitrogens with zero attached hydrogens (tertiary/aromatic N) is 3. The van der Waals surface area contributed by atoms with Crippen LogP contribution in [0.4, 0.5) is 5.82 Å². The smallest absolute Gasteiger partial charge is 0.145 e. The fourth-order valence-electron chi connectivity index (χ4n) is 3.87. The normalized spacial score (nSPS) is 23.0. The topological polar surface area (TPSA) is 98.3 Å². The number of hydrogen-bond donors (Lipinski definition) is 2. The Bertz CT molecular complexity index is 939. The van der Waals surface area contributed by atoms with E-state index in [2.05, 4.69) is 25.6 Å². The third kappa shape index (κ3) is 6.01. The van der Waals surface area contributed by atoms with Crippen LogP contribution in [0.1, 0.15) is 32.4 Å². The van der Waals surface area contributed by atoms with Crippen LogP contribution in [0, 0.1) is 5.92 Å². The van der Waals surface area contributed by atoms with E-state index in [-0.39, 0.29) is 29.8 Å². The molecule has 0 unspecified atom stereocenters. The second kappa shape index (κ2) is 10.2. The van der Waals surface area contributed by atoms with Crippen molar-refractivity contribution in [2.24, 2.45) is 5.92 Å². The molecule has 2 aliphatic heterocycles. The van der Waals surface area contributed by atoms with E-state index < -0.39 is 0 Å². The standard InChI is InChI=1S/C23H30ClN5O3/c1-23(2)14-31-17(13-32-23)9-28-22-12-26-11-20(29-22)18-6-16(27-10-19(18)24)7-21(30)15-4-3-5-25-8-15/h6,10-12,15,17,25H,3-5,7-9,13-14H2,1-2H3,(H,28,29)/t15-,17-/m1/s1. The quantitative estimate of drug-likeness (QED) is 0.652. The van der Waals surface area contributed by atoms with Gasteiger partial charge in [-0.1, -0.05) is 11.6 Å². The molecule has 2 aromatic heterocycles. The summed E-state index contributed by atoms with van der Waals surface area (Å²) in [5, 5.41) is 7.02. The van der Waals surface area contributed by atoms with Gasteiger partial charge >= 0.3 is 0 Å². The minimum atomic E-state index is -0.249. The van der Waals surface area contributed by atoms with Crippen molar-refractivity contribution < 1.29 is 14.3 Å². The number of pyridine rings is 1. The van der Waals surface area contributed by atoms with Crippen molar-refractivity contribution in [2.45, 2.75) is 44.8 Å². The maximum atomic E-state index is 12.7. The Morgan fingerprint density at radius 2 is 2.22 bits per heavy atom. The summed E-state index contributed by atoms with van der Waals surface area (Å²) in [6.45, 7) is 7.39. The highest BCUT2D eigenvalue weighted by Crippen LogP contribution is 2.27. The largest absolute Gasteiger partial charge is 0.371 e. The molecule has 0 spiro atoms. The molecule has 32 heavy (non-hydrogen) atoms. The molecule has 2 atom stereocenters. The average molecular weight is 460 g/mol. The first-order chi connectivity index (χ1) is 15.4. The molecule has 0 bridgehead atoms. The molecule has 0 radical (unpaired) electrons. The van der Waals surface area contributed by atoms with Crippen LogP contribution in [0.2, 0.25) is 5.02 Å². The second-order valence-electron chi connectivity index (χ2n) is 9.02. The number of ketones is 1. The second-order valence-corrected chi connectivity index (χ2v) is 9.42. The number of aromatic nitrogens is 3. The lowest BCUT2D eigenvalue weighted by Gasteiger charge is -2.35. The molecule has 2 aliphatic rings. The van der Waals surface area contributed by atoms with E-state index in [1.807, 2.05) is 19.9 Å². The molecule has 4 rings (SSSR count). The number of hydrogen-bond acceptors (Lipinski definition) is 8. The zero-order chi connectivity index (χ0) is 22.6. The van der Waals surface area contributed by atoms with Gasteiger partial charge in [-0.25, -0.2) is 4.98 Å². The van der Waals surface area contributed by atoms with Gasteiger partial charge in [-0.2, -0.15) is 0 Å². The van der Waals surface area contributed by atoms with Crippen molar-refractivity contribution in [1.82, 2.24) is 20.3 Å². The third-order valence-electron chi connectivity index (χ3n) is 5.77. The molecule has 0 aromatic carbocycles. The fourth-order valence-corrected chi connectivity index (χ4v) is 4.07. The van der Waals surface area contributed by atoms with Gasteiger partial charge < -0.3 is 20.1 Å². The van der Waals surface area contributed by atoms with Crippen LogP contribution < -0.4 is 10.6 Å². The molecule has 0 amide bonds. The van der Waals surface area contributed by atoms with Gasteiger partial charge in [-0.3, -0.25) is 14.8 Å². The van der Waals surface area contributed by atoms with Crippen molar-refractivity contribution in [3.8, 4) is 11.3 Å². The molecule has 2 saturated heterocycles. The molecule has 0 aliphatic carbocycles. The molecule has 4 heterocycles. The van der Waals surface area contributed by atoms with Crippen LogP contribution in [-0.4, -0.2) is 65.3 Å². The highest BCUT2D eigenvalue weighted by molar-refractivity contribution is 6.33. The Morgan fingerprint density at radius 3 is 2.97 bits per heavy atom. The van der Waals surface area contributed by atoms with Gasteiger partial charge in [0.2, 0.25) is 0 Å². The van der Waals surface area contributed by atoms with Crippen molar-refractivity contribution in [2.75, 3.05) is 38.2 Å². The van der Waals surface area contributed by atoms with E-state index in [1.54, 1.807) is 18.6 Å². The Balaban J connectivity index is 1.41. The summed E-state index contributed by atoms with van der Waals surface area (Å²) in [4.78, 5) is 26.0. The summed E-state index contributed by atoms with van der Waals surface area (Å²) in [7, 11) is 0. The van der Waals surface area contributed by atoms with Crippen molar-refractivity contribution in [3.63, 3.8) is 0 Å². The average Bonchev–Trinajstić information content (AvgIpc) is 2.80. The number of carbonyl (C=O) groups excluding carboxylic acids is 1. The van der Waals surface area contributed by atoms with E-state index >= 15 is 0 Å². The Morgan fingerprint density at radius 1 is 1.34 bits per heavy atom. The molecule has 9 heteroatoms. The number of piperidine rings is 1. The van der Waals surface area contributed by atoms with Crippen molar-refractivity contribution >= 4 is 23.2 Å². The van der Waals surface area contributed by atoms with Gasteiger partial charge in [0.05, 0.1) is 48.0 Å². The Labute approximate surface area is 193 Å². The van der Waals surface area contributed by atoms with E-state index in [4.69, 9.17) is 21.1 Å². The highest BCUT2D eigenvalue weighted by atomic mass is 35.5. The number of carbonyl (C=O) groups is 1. The minimum Gasteiger partial charge on any atom is -0.371 e. The van der Waals surface area contributed by atoms with Gasteiger partial charge in [0.1, 0.15) is 11.6 Å². The molecule has 2 N–H and O–H groups in total. The number of ether oxygens (including phenoxy) is 2. The predicted molar refractivity (Wildman–Crippen MR) is 123 cm³/mol.